The molecule has 19 heteroatoms. The third-order valence-electron chi connectivity index (χ3n) is 9.98. The number of alkyl halides is 3. The first kappa shape index (κ1) is 44.2. The molecule has 52 heavy (non-hydrogen) atoms. The highest BCUT2D eigenvalue weighted by molar-refractivity contribution is 5.82. The number of amides is 1. The largest absolute Gasteiger partial charge is 0.479 e. The molecule has 0 aromatic carbocycles. The Morgan fingerprint density at radius 1 is 1.00 bits per heavy atom. The van der Waals surface area contributed by atoms with Crippen molar-refractivity contribution in [3.63, 3.8) is 0 Å². The molecule has 0 bridgehead atoms. The number of aliphatic hydroxyl groups excluding tert-OH is 5. The number of methoxy groups -OCH3 is 1. The van der Waals surface area contributed by atoms with Crippen LogP contribution < -0.4 is 5.32 Å². The second-order valence-electron chi connectivity index (χ2n) is 13.9. The summed E-state index contributed by atoms with van der Waals surface area (Å²) >= 11 is 0. The first-order chi connectivity index (χ1) is 24.4. The highest BCUT2D eigenvalue weighted by Crippen LogP contribution is 2.40. The molecule has 3 aliphatic rings. The number of carboxylic acids is 1. The fourth-order valence-electron chi connectivity index (χ4n) is 7.21. The van der Waals surface area contributed by atoms with Crippen LogP contribution in [0.2, 0.25) is 0 Å². The summed E-state index contributed by atoms with van der Waals surface area (Å²) in [6, 6.07) is -2.04. The number of carbonyl (C=O) groups is 3. The molecule has 16 nitrogen and oxygen atoms in total. The van der Waals surface area contributed by atoms with E-state index in [1.807, 2.05) is 0 Å². The van der Waals surface area contributed by atoms with Crippen molar-refractivity contribution in [2.75, 3.05) is 13.7 Å². The van der Waals surface area contributed by atoms with Crippen molar-refractivity contribution in [2.45, 2.75) is 158 Å². The SMILES string of the molecule is CC[C@@H]1CC(C(=O)OC)C[C@@H](O[C@@H]2O[C@@H](CO)[C@H](O)C(O[C@@H](CC3CCCCC3)C(=O)O)C2NC(=O)C(F)(F)F)C1OC(O[C@@H](C)O)[C@@H](O)[C@H](C)O. The van der Waals surface area contributed by atoms with E-state index in [2.05, 4.69) is 0 Å². The van der Waals surface area contributed by atoms with Gasteiger partial charge in [0.25, 0.3) is 0 Å². The molecule has 2 aliphatic carbocycles. The molecular weight excluding hydrogens is 707 g/mol. The molecule has 0 radical (unpaired) electrons. The fourth-order valence-corrected chi connectivity index (χ4v) is 7.21. The van der Waals surface area contributed by atoms with Gasteiger partial charge in [0.2, 0.25) is 0 Å². The monoisotopic (exact) mass is 761 g/mol. The van der Waals surface area contributed by atoms with Crippen LogP contribution in [0, 0.1) is 17.8 Å². The van der Waals surface area contributed by atoms with Crippen LogP contribution in [0.15, 0.2) is 0 Å². The number of halogens is 3. The van der Waals surface area contributed by atoms with Crippen molar-refractivity contribution in [1.29, 1.82) is 0 Å². The summed E-state index contributed by atoms with van der Waals surface area (Å²) in [5, 5.41) is 63.9. The zero-order valence-corrected chi connectivity index (χ0v) is 29.7. The predicted octanol–water partition coefficient (Wildman–Crippen LogP) is 0.723. The Morgan fingerprint density at radius 2 is 1.65 bits per heavy atom. The minimum Gasteiger partial charge on any atom is -0.479 e. The molecule has 0 aromatic heterocycles. The van der Waals surface area contributed by atoms with Crippen LogP contribution in [0.4, 0.5) is 13.2 Å². The average molecular weight is 762 g/mol. The van der Waals surface area contributed by atoms with E-state index in [0.717, 1.165) is 26.4 Å². The number of esters is 1. The van der Waals surface area contributed by atoms with Gasteiger partial charge in [-0.3, -0.25) is 9.59 Å². The number of ether oxygens (including phenoxy) is 6. The smallest absolute Gasteiger partial charge is 0.471 e. The maximum Gasteiger partial charge on any atom is 0.471 e. The van der Waals surface area contributed by atoms with Gasteiger partial charge in [-0.25, -0.2) is 4.79 Å². The van der Waals surface area contributed by atoms with Crippen LogP contribution in [0.25, 0.3) is 0 Å². The zero-order valence-electron chi connectivity index (χ0n) is 29.7. The lowest BCUT2D eigenvalue weighted by Gasteiger charge is -2.48. The Morgan fingerprint density at radius 3 is 2.17 bits per heavy atom. The molecule has 302 valence electrons. The van der Waals surface area contributed by atoms with Crippen LogP contribution in [-0.4, -0.2) is 142 Å². The van der Waals surface area contributed by atoms with Gasteiger partial charge in [-0.05, 0) is 44.9 Å². The van der Waals surface area contributed by atoms with Crippen molar-refractivity contribution >= 4 is 17.8 Å². The summed E-state index contributed by atoms with van der Waals surface area (Å²) < 4.78 is 75.3. The summed E-state index contributed by atoms with van der Waals surface area (Å²) in [6.07, 6.45) is -19.2. The number of carbonyl (C=O) groups excluding carboxylic acids is 2. The van der Waals surface area contributed by atoms with E-state index in [1.54, 1.807) is 12.2 Å². The fraction of sp³-hybridized carbons (Fsp3) is 0.909. The molecule has 3 fully saturated rings. The number of aliphatic hydroxyl groups is 5. The summed E-state index contributed by atoms with van der Waals surface area (Å²) in [7, 11) is 1.15. The summed E-state index contributed by atoms with van der Waals surface area (Å²) in [4.78, 5) is 37.6. The highest BCUT2D eigenvalue weighted by atomic mass is 19.4. The lowest BCUT2D eigenvalue weighted by Crippen LogP contribution is -2.68. The molecule has 3 rings (SSSR count). The Kier molecular flexibility index (Phi) is 16.9. The Hall–Kier alpha value is -2.20. The van der Waals surface area contributed by atoms with E-state index in [-0.39, 0.29) is 25.2 Å². The molecule has 1 amide bonds. The lowest BCUT2D eigenvalue weighted by molar-refractivity contribution is -0.330. The predicted molar refractivity (Wildman–Crippen MR) is 170 cm³/mol. The second-order valence-corrected chi connectivity index (χ2v) is 13.9. The maximum atomic E-state index is 13.7. The number of carboxylic acid groups (broad SMARTS) is 1. The Labute approximate surface area is 299 Å². The highest BCUT2D eigenvalue weighted by Gasteiger charge is 2.54. The number of nitrogens with one attached hydrogen (secondary N) is 1. The maximum absolute atomic E-state index is 13.7. The van der Waals surface area contributed by atoms with Crippen LogP contribution in [-0.2, 0) is 42.8 Å². The average Bonchev–Trinajstić information content (AvgIpc) is 3.09. The van der Waals surface area contributed by atoms with Gasteiger partial charge in [0, 0.05) is 0 Å². The number of hydrogen-bond donors (Lipinski definition) is 7. The van der Waals surface area contributed by atoms with Crippen molar-refractivity contribution in [1.82, 2.24) is 5.32 Å². The minimum absolute atomic E-state index is 0.0392. The molecule has 0 aromatic rings. The van der Waals surface area contributed by atoms with Crippen molar-refractivity contribution < 1.29 is 86.6 Å². The minimum atomic E-state index is -5.45. The molecule has 5 unspecified atom stereocenters. The molecule has 1 saturated heterocycles. The molecular formula is C33H54F3NO15. The van der Waals surface area contributed by atoms with Gasteiger partial charge in [0.05, 0.1) is 37.9 Å². The van der Waals surface area contributed by atoms with Crippen molar-refractivity contribution in [2.24, 2.45) is 17.8 Å². The molecule has 2 saturated carbocycles. The van der Waals surface area contributed by atoms with Gasteiger partial charge < -0.3 is 64.4 Å². The van der Waals surface area contributed by atoms with E-state index in [9.17, 15) is 58.2 Å². The van der Waals surface area contributed by atoms with E-state index in [0.29, 0.717) is 19.3 Å². The second kappa shape index (κ2) is 19.9. The molecule has 7 N–H and O–H groups in total. The third kappa shape index (κ3) is 11.9. The first-order valence-corrected chi connectivity index (χ1v) is 17.7. The normalized spacial score (nSPS) is 33.3. The van der Waals surface area contributed by atoms with E-state index < -0.39 is 116 Å². The van der Waals surface area contributed by atoms with E-state index in [4.69, 9.17) is 28.4 Å². The van der Waals surface area contributed by atoms with Crippen molar-refractivity contribution in [3.8, 4) is 0 Å². The van der Waals surface area contributed by atoms with Gasteiger partial charge in [-0.15, -0.1) is 0 Å². The zero-order chi connectivity index (χ0) is 38.9. The Balaban J connectivity index is 2.07. The van der Waals surface area contributed by atoms with Gasteiger partial charge in [0.1, 0.15) is 30.5 Å². The van der Waals surface area contributed by atoms with Crippen LogP contribution in [0.1, 0.15) is 78.6 Å². The standard InChI is InChI=1S/C33H54F3NO15/c1-5-18-12-19(29(45)47-4)13-20(26(18)52-31(48-16(3)40)24(41)15(2)39)50-30-23(37-32(46)33(34,35)36)27(25(42)22(14-38)51-30)49-21(28(43)44)11-17-9-7-6-8-10-17/h15-27,30-31,38-42H,5-14H2,1-4H3,(H,37,46)(H,43,44)/t15-,16-,18+,19?,20+,21-,22-,23?,24-,25-,26?,27?,30+,31?/m0/s1. The molecule has 1 heterocycles. The van der Waals surface area contributed by atoms with Gasteiger partial charge in [-0.1, -0.05) is 45.4 Å². The Bertz CT molecular complexity index is 1140. The summed E-state index contributed by atoms with van der Waals surface area (Å²) in [5.41, 5.74) is 0. The van der Waals surface area contributed by atoms with Gasteiger partial charge in [-0.2, -0.15) is 13.2 Å². The number of hydrogen-bond acceptors (Lipinski definition) is 14. The first-order valence-electron chi connectivity index (χ1n) is 17.7. The summed E-state index contributed by atoms with van der Waals surface area (Å²) in [5.74, 6) is -6.16. The quantitative estimate of drug-likeness (QED) is 0.0799. The number of aliphatic carboxylic acids is 1. The van der Waals surface area contributed by atoms with Crippen molar-refractivity contribution in [3.05, 3.63) is 0 Å². The van der Waals surface area contributed by atoms with Crippen LogP contribution >= 0.6 is 0 Å². The molecule has 14 atom stereocenters. The third-order valence-corrected chi connectivity index (χ3v) is 9.98. The van der Waals surface area contributed by atoms with Gasteiger partial charge >= 0.3 is 24.0 Å². The topological polar surface area (TPSA) is 240 Å². The lowest BCUT2D eigenvalue weighted by atomic mass is 9.76. The van der Waals surface area contributed by atoms with E-state index in [1.165, 1.54) is 13.8 Å². The van der Waals surface area contributed by atoms with Gasteiger partial charge in [0.15, 0.2) is 25.0 Å². The van der Waals surface area contributed by atoms with Crippen LogP contribution in [0.5, 0.6) is 0 Å². The molecule has 0 spiro atoms. The van der Waals surface area contributed by atoms with Crippen LogP contribution in [0.3, 0.4) is 0 Å². The number of rotatable bonds is 17. The summed E-state index contributed by atoms with van der Waals surface area (Å²) in [6.45, 7) is 3.25. The molecule has 1 aliphatic heterocycles. The van der Waals surface area contributed by atoms with E-state index >= 15 is 0 Å².